The molecule has 0 unspecified atom stereocenters. The lowest BCUT2D eigenvalue weighted by molar-refractivity contribution is -0.144. The van der Waals surface area contributed by atoms with Crippen molar-refractivity contribution >= 4 is 29.2 Å². The van der Waals surface area contributed by atoms with Crippen molar-refractivity contribution in [3.8, 4) is 0 Å². The fourth-order valence-corrected chi connectivity index (χ4v) is 6.89. The summed E-state index contributed by atoms with van der Waals surface area (Å²) in [6.07, 6.45) is 13.0. The fraction of sp³-hybridized carbons (Fsp3) is 0.700. The number of amides is 2. The van der Waals surface area contributed by atoms with Gasteiger partial charge < -0.3 is 15.3 Å². The molecule has 37 heavy (non-hydrogen) atoms. The molecule has 1 heterocycles. The molecule has 1 aromatic carbocycles. The summed E-state index contributed by atoms with van der Waals surface area (Å²) in [6, 6.07) is 6.91. The zero-order valence-corrected chi connectivity index (χ0v) is 23.4. The molecule has 1 atom stereocenters. The van der Waals surface area contributed by atoms with Crippen LogP contribution in [0.2, 0.25) is 5.02 Å². The number of benzene rings is 1. The Morgan fingerprint density at radius 2 is 1.49 bits per heavy atom. The van der Waals surface area contributed by atoms with E-state index in [4.69, 9.17) is 16.7 Å². The van der Waals surface area contributed by atoms with Crippen molar-refractivity contribution in [2.24, 2.45) is 17.3 Å². The highest BCUT2D eigenvalue weighted by Gasteiger charge is 2.46. The predicted octanol–water partition coefficient (Wildman–Crippen LogP) is 5.33. The molecule has 2 N–H and O–H groups in total. The number of halogens is 1. The minimum atomic E-state index is -0.592. The van der Waals surface area contributed by atoms with Crippen LogP contribution in [-0.2, 0) is 20.8 Å². The topological polar surface area (TPSA) is 86.7 Å². The van der Waals surface area contributed by atoms with Crippen LogP contribution in [0.4, 0.5) is 0 Å². The zero-order valence-electron chi connectivity index (χ0n) is 22.6. The Balaban J connectivity index is 0.00000186. The molecule has 206 valence electrons. The van der Waals surface area contributed by atoms with Gasteiger partial charge in [0.05, 0.1) is 0 Å². The summed E-state index contributed by atoms with van der Waals surface area (Å²) in [4.78, 5) is 41.6. The van der Waals surface area contributed by atoms with Crippen LogP contribution in [0.15, 0.2) is 24.3 Å². The Morgan fingerprint density at radius 3 is 2.03 bits per heavy atom. The minimum absolute atomic E-state index is 0.00212. The summed E-state index contributed by atoms with van der Waals surface area (Å²) in [6.45, 7) is 2.93. The lowest BCUT2D eigenvalue weighted by atomic mass is 9.62. The summed E-state index contributed by atoms with van der Waals surface area (Å²) in [5, 5.41) is 10.8. The van der Waals surface area contributed by atoms with Crippen molar-refractivity contribution in [3.05, 3.63) is 34.9 Å². The second kappa shape index (κ2) is 14.3. The van der Waals surface area contributed by atoms with E-state index in [0.29, 0.717) is 36.2 Å². The third kappa shape index (κ3) is 7.57. The number of carbonyl (C=O) groups excluding carboxylic acids is 3. The SMILES string of the molecule is CC(=O)C1(C2CCCCC2)CCN(C(=O)[C@@H](Cc2ccc(Cl)cc2)NC(=O)C2CCCCC2)CC1.CO. The molecule has 6 nitrogen and oxygen atoms in total. The first kappa shape index (κ1) is 29.6. The van der Waals surface area contributed by atoms with Crippen LogP contribution >= 0.6 is 11.6 Å². The van der Waals surface area contributed by atoms with E-state index in [1.807, 2.05) is 29.2 Å². The average Bonchev–Trinajstić information content (AvgIpc) is 2.95. The van der Waals surface area contributed by atoms with Crippen LogP contribution in [0.1, 0.15) is 89.5 Å². The molecule has 0 aromatic heterocycles. The monoisotopic (exact) mass is 532 g/mol. The fourth-order valence-electron chi connectivity index (χ4n) is 6.76. The lowest BCUT2D eigenvalue weighted by Crippen LogP contribution is -2.55. The number of ketones is 1. The van der Waals surface area contributed by atoms with E-state index in [2.05, 4.69) is 5.32 Å². The number of hydrogen-bond donors (Lipinski definition) is 2. The number of piperidine rings is 1. The van der Waals surface area contributed by atoms with Crippen molar-refractivity contribution in [1.82, 2.24) is 10.2 Å². The van der Waals surface area contributed by atoms with Crippen molar-refractivity contribution < 1.29 is 19.5 Å². The van der Waals surface area contributed by atoms with Crippen LogP contribution in [0.25, 0.3) is 0 Å². The Morgan fingerprint density at radius 1 is 0.946 bits per heavy atom. The number of aliphatic hydroxyl groups is 1. The molecule has 2 saturated carbocycles. The van der Waals surface area contributed by atoms with E-state index < -0.39 is 6.04 Å². The molecule has 2 aliphatic carbocycles. The third-order valence-electron chi connectivity index (χ3n) is 9.00. The van der Waals surface area contributed by atoms with Crippen molar-refractivity contribution in [3.63, 3.8) is 0 Å². The van der Waals surface area contributed by atoms with Gasteiger partial charge in [-0.25, -0.2) is 0 Å². The first-order valence-electron chi connectivity index (χ1n) is 14.2. The molecular formula is C30H45ClN2O4. The Bertz CT molecular complexity index is 883. The molecule has 3 aliphatic rings. The highest BCUT2D eigenvalue weighted by molar-refractivity contribution is 6.30. The van der Waals surface area contributed by atoms with Gasteiger partial charge in [0.1, 0.15) is 11.8 Å². The smallest absolute Gasteiger partial charge is 0.245 e. The second-order valence-electron chi connectivity index (χ2n) is 11.1. The van der Waals surface area contributed by atoms with Gasteiger partial charge in [0, 0.05) is 43.0 Å². The van der Waals surface area contributed by atoms with Gasteiger partial charge in [-0.3, -0.25) is 14.4 Å². The number of rotatable bonds is 7. The first-order chi connectivity index (χ1) is 17.9. The van der Waals surface area contributed by atoms with Crippen LogP contribution in [0.5, 0.6) is 0 Å². The molecule has 7 heteroatoms. The normalized spacial score (nSPS) is 21.4. The van der Waals surface area contributed by atoms with Gasteiger partial charge in [-0.15, -0.1) is 0 Å². The number of likely N-dealkylation sites (tertiary alicyclic amines) is 1. The first-order valence-corrected chi connectivity index (χ1v) is 14.6. The molecule has 4 rings (SSSR count). The van der Waals surface area contributed by atoms with Gasteiger partial charge in [0.15, 0.2) is 0 Å². The summed E-state index contributed by atoms with van der Waals surface area (Å²) in [5.41, 5.74) is 0.697. The molecule has 0 bridgehead atoms. The predicted molar refractivity (Wildman–Crippen MR) is 147 cm³/mol. The van der Waals surface area contributed by atoms with Crippen molar-refractivity contribution in [2.75, 3.05) is 20.2 Å². The molecule has 2 amide bonds. The zero-order chi connectivity index (χ0) is 26.8. The standard InChI is InChI=1S/C29H41ClN2O3.CH4O/c1-21(33)29(24-10-6-3-7-11-24)16-18-32(19-17-29)28(35)26(20-22-12-14-25(30)15-13-22)31-27(34)23-8-4-2-5-9-23;1-2/h12-15,23-24,26H,2-11,16-20H2,1H3,(H,31,34);2H,1H3/t26-;/m1./s1. The highest BCUT2D eigenvalue weighted by atomic mass is 35.5. The summed E-state index contributed by atoms with van der Waals surface area (Å²) >= 11 is 6.06. The maximum atomic E-state index is 13.7. The van der Waals surface area contributed by atoms with E-state index >= 15 is 0 Å². The van der Waals surface area contributed by atoms with Gasteiger partial charge >= 0.3 is 0 Å². The minimum Gasteiger partial charge on any atom is -0.400 e. The number of nitrogens with zero attached hydrogens (tertiary/aromatic N) is 1. The summed E-state index contributed by atoms with van der Waals surface area (Å²) in [5.74, 6) is 0.725. The molecule has 1 aromatic rings. The number of Topliss-reactive ketones (excluding diaryl/α,β-unsaturated/α-hetero) is 1. The molecule has 1 saturated heterocycles. The van der Waals surface area contributed by atoms with Crippen LogP contribution < -0.4 is 5.32 Å². The van der Waals surface area contributed by atoms with Gasteiger partial charge in [-0.05, 0) is 69.1 Å². The summed E-state index contributed by atoms with van der Waals surface area (Å²) < 4.78 is 0. The van der Waals surface area contributed by atoms with Gasteiger partial charge in [-0.1, -0.05) is 62.3 Å². The van der Waals surface area contributed by atoms with E-state index in [0.717, 1.165) is 64.0 Å². The highest BCUT2D eigenvalue weighted by Crippen LogP contribution is 2.46. The number of hydrogen-bond acceptors (Lipinski definition) is 4. The average molecular weight is 533 g/mol. The van der Waals surface area contributed by atoms with Crippen molar-refractivity contribution in [1.29, 1.82) is 0 Å². The van der Waals surface area contributed by atoms with Crippen LogP contribution in [-0.4, -0.2) is 53.8 Å². The molecule has 0 radical (unpaired) electrons. The largest absolute Gasteiger partial charge is 0.400 e. The number of carbonyl (C=O) groups is 3. The molecule has 3 fully saturated rings. The maximum absolute atomic E-state index is 13.7. The van der Waals surface area contributed by atoms with Gasteiger partial charge in [0.2, 0.25) is 11.8 Å². The second-order valence-corrected chi connectivity index (χ2v) is 11.5. The van der Waals surface area contributed by atoms with Crippen LogP contribution in [0, 0.1) is 17.3 Å². The van der Waals surface area contributed by atoms with Gasteiger partial charge in [-0.2, -0.15) is 0 Å². The summed E-state index contributed by atoms with van der Waals surface area (Å²) in [7, 11) is 1.00. The molecule has 0 spiro atoms. The van der Waals surface area contributed by atoms with Gasteiger partial charge in [0.25, 0.3) is 0 Å². The van der Waals surface area contributed by atoms with Crippen LogP contribution in [0.3, 0.4) is 0 Å². The third-order valence-corrected chi connectivity index (χ3v) is 9.25. The Kier molecular flexibility index (Phi) is 11.4. The Hall–Kier alpha value is -1.92. The maximum Gasteiger partial charge on any atom is 0.245 e. The quantitative estimate of drug-likeness (QED) is 0.496. The van der Waals surface area contributed by atoms with E-state index in [9.17, 15) is 14.4 Å². The van der Waals surface area contributed by atoms with E-state index in [-0.39, 0.29) is 23.1 Å². The number of nitrogens with one attached hydrogen (secondary N) is 1. The molecule has 1 aliphatic heterocycles. The van der Waals surface area contributed by atoms with E-state index in [1.54, 1.807) is 6.92 Å². The molecular weight excluding hydrogens is 488 g/mol. The number of aliphatic hydroxyl groups excluding tert-OH is 1. The van der Waals surface area contributed by atoms with E-state index in [1.165, 1.54) is 25.7 Å². The van der Waals surface area contributed by atoms with Crippen molar-refractivity contribution in [2.45, 2.75) is 96.4 Å². The lowest BCUT2D eigenvalue weighted by Gasteiger charge is -2.47. The Labute approximate surface area is 227 Å².